The maximum atomic E-state index is 13.3. The third-order valence-corrected chi connectivity index (χ3v) is 6.91. The van der Waals surface area contributed by atoms with E-state index in [-0.39, 0.29) is 11.4 Å². The molecule has 0 spiro atoms. The van der Waals surface area contributed by atoms with Crippen molar-refractivity contribution in [2.45, 2.75) is 31.7 Å². The number of nitrogens with zero attached hydrogens (tertiary/aromatic N) is 2. The lowest BCUT2D eigenvalue weighted by molar-refractivity contribution is -0.121. The van der Waals surface area contributed by atoms with Crippen LogP contribution in [0.25, 0.3) is 0 Å². The zero-order valence-corrected chi connectivity index (χ0v) is 21.6. The van der Waals surface area contributed by atoms with Gasteiger partial charge in [0.15, 0.2) is 11.5 Å². The number of carbonyl (C=O) groups excluding carboxylic acids is 1. The Morgan fingerprint density at radius 1 is 1.00 bits per heavy atom. The predicted molar refractivity (Wildman–Crippen MR) is 140 cm³/mol. The third-order valence-electron chi connectivity index (χ3n) is 5.11. The van der Waals surface area contributed by atoms with E-state index in [4.69, 9.17) is 9.47 Å². The van der Waals surface area contributed by atoms with E-state index in [9.17, 15) is 17.6 Å². The molecular formula is C27H30FN3O5S. The third kappa shape index (κ3) is 8.12. The van der Waals surface area contributed by atoms with E-state index in [0.717, 1.165) is 10.7 Å². The van der Waals surface area contributed by atoms with Crippen LogP contribution in [-0.2, 0) is 21.4 Å². The molecule has 0 atom stereocenters. The van der Waals surface area contributed by atoms with Crippen molar-refractivity contribution >= 4 is 22.1 Å². The fourth-order valence-electron chi connectivity index (χ4n) is 3.34. The van der Waals surface area contributed by atoms with Gasteiger partial charge in [0, 0.05) is 6.54 Å². The fraction of sp³-hybridized carbons (Fsp3) is 0.259. The van der Waals surface area contributed by atoms with Crippen LogP contribution < -0.4 is 14.9 Å². The predicted octanol–water partition coefficient (Wildman–Crippen LogP) is 4.35. The summed E-state index contributed by atoms with van der Waals surface area (Å²) in [7, 11) is -4.01. The van der Waals surface area contributed by atoms with Crippen LogP contribution in [0, 0.1) is 5.82 Å². The molecule has 0 saturated heterocycles. The summed E-state index contributed by atoms with van der Waals surface area (Å²) < 4.78 is 52.2. The molecule has 37 heavy (non-hydrogen) atoms. The van der Waals surface area contributed by atoms with Crippen LogP contribution >= 0.6 is 0 Å². The summed E-state index contributed by atoms with van der Waals surface area (Å²) >= 11 is 0. The smallest absolute Gasteiger partial charge is 0.255 e. The lowest BCUT2D eigenvalue weighted by Gasteiger charge is -2.21. The molecule has 0 saturated carbocycles. The highest BCUT2D eigenvalue weighted by Gasteiger charge is 2.26. The maximum absolute atomic E-state index is 13.3. The zero-order valence-electron chi connectivity index (χ0n) is 20.8. The van der Waals surface area contributed by atoms with Crippen molar-refractivity contribution < 1.29 is 27.1 Å². The molecule has 0 fully saturated rings. The molecule has 0 aromatic heterocycles. The van der Waals surface area contributed by atoms with Crippen molar-refractivity contribution in [1.82, 2.24) is 9.73 Å². The lowest BCUT2D eigenvalue weighted by atomic mass is 10.2. The molecule has 10 heteroatoms. The fourth-order valence-corrected chi connectivity index (χ4v) is 4.75. The normalized spacial score (nSPS) is 11.6. The summed E-state index contributed by atoms with van der Waals surface area (Å²) in [5.41, 5.74) is 3.57. The average molecular weight is 528 g/mol. The van der Waals surface area contributed by atoms with Gasteiger partial charge < -0.3 is 9.47 Å². The number of hydrogen-bond donors (Lipinski definition) is 1. The van der Waals surface area contributed by atoms with E-state index in [1.54, 1.807) is 36.4 Å². The molecule has 0 aliphatic heterocycles. The van der Waals surface area contributed by atoms with Gasteiger partial charge in [-0.1, -0.05) is 37.3 Å². The minimum Gasteiger partial charge on any atom is -0.490 e. The van der Waals surface area contributed by atoms with E-state index in [2.05, 4.69) is 10.5 Å². The van der Waals surface area contributed by atoms with E-state index in [1.165, 1.54) is 42.6 Å². The van der Waals surface area contributed by atoms with Gasteiger partial charge >= 0.3 is 0 Å². The van der Waals surface area contributed by atoms with Gasteiger partial charge in [0.1, 0.15) is 5.82 Å². The Bertz CT molecular complexity index is 1300. The standard InChI is InChI=1S/C27H30FN3O5S/c1-3-16-36-25-15-12-22(17-26(25)35-4-2)18-29-30-27(32)20-31(19-21-10-13-23(28)14-11-21)37(33,34)24-8-6-5-7-9-24/h5-15,17-18H,3-4,16,19-20H2,1-2H3,(H,30,32)/b29-18-. The van der Waals surface area contributed by atoms with Crippen LogP contribution in [0.2, 0.25) is 0 Å². The molecule has 0 aliphatic carbocycles. The highest BCUT2D eigenvalue weighted by molar-refractivity contribution is 7.89. The Morgan fingerprint density at radius 3 is 2.41 bits per heavy atom. The van der Waals surface area contributed by atoms with Crippen LogP contribution in [0.4, 0.5) is 4.39 Å². The van der Waals surface area contributed by atoms with Crippen LogP contribution in [0.1, 0.15) is 31.4 Å². The molecule has 0 heterocycles. The van der Waals surface area contributed by atoms with Gasteiger partial charge in [-0.25, -0.2) is 18.2 Å². The molecule has 8 nitrogen and oxygen atoms in total. The minimum atomic E-state index is -4.01. The molecule has 1 N–H and O–H groups in total. The lowest BCUT2D eigenvalue weighted by Crippen LogP contribution is -2.39. The van der Waals surface area contributed by atoms with Gasteiger partial charge in [-0.2, -0.15) is 9.41 Å². The van der Waals surface area contributed by atoms with Crippen LogP contribution in [0.3, 0.4) is 0 Å². The molecule has 3 aromatic carbocycles. The van der Waals surface area contributed by atoms with Gasteiger partial charge in [0.2, 0.25) is 10.0 Å². The molecule has 0 unspecified atom stereocenters. The van der Waals surface area contributed by atoms with Crippen LogP contribution in [0.5, 0.6) is 11.5 Å². The first kappa shape index (κ1) is 27.8. The van der Waals surface area contributed by atoms with E-state index >= 15 is 0 Å². The number of hydrazone groups is 1. The van der Waals surface area contributed by atoms with Crippen molar-refractivity contribution in [1.29, 1.82) is 0 Å². The number of amides is 1. The number of nitrogens with one attached hydrogen (secondary N) is 1. The Labute approximate surface area is 216 Å². The summed E-state index contributed by atoms with van der Waals surface area (Å²) in [4.78, 5) is 12.7. The first-order valence-corrected chi connectivity index (χ1v) is 13.3. The monoisotopic (exact) mass is 527 g/mol. The second-order valence-electron chi connectivity index (χ2n) is 7.99. The maximum Gasteiger partial charge on any atom is 0.255 e. The van der Waals surface area contributed by atoms with Gasteiger partial charge in [-0.15, -0.1) is 0 Å². The SMILES string of the molecule is CCCOc1ccc(/C=N\NC(=O)CN(Cc2ccc(F)cc2)S(=O)(=O)c2ccccc2)cc1OCC. The number of halogens is 1. The molecule has 3 rings (SSSR count). The van der Waals surface area contributed by atoms with Crippen molar-refractivity contribution in [2.75, 3.05) is 19.8 Å². The van der Waals surface area contributed by atoms with Crippen molar-refractivity contribution in [2.24, 2.45) is 5.10 Å². The summed E-state index contributed by atoms with van der Waals surface area (Å²) in [6.07, 6.45) is 2.29. The summed E-state index contributed by atoms with van der Waals surface area (Å²) in [5, 5.41) is 3.97. The van der Waals surface area contributed by atoms with Crippen molar-refractivity contribution in [3.8, 4) is 11.5 Å². The van der Waals surface area contributed by atoms with Crippen molar-refractivity contribution in [3.05, 3.63) is 89.7 Å². The minimum absolute atomic E-state index is 0.0437. The molecule has 1 amide bonds. The highest BCUT2D eigenvalue weighted by atomic mass is 32.2. The van der Waals surface area contributed by atoms with Crippen LogP contribution in [-0.4, -0.2) is 44.6 Å². The second-order valence-corrected chi connectivity index (χ2v) is 9.93. The van der Waals surface area contributed by atoms with E-state index < -0.39 is 28.3 Å². The molecular weight excluding hydrogens is 497 g/mol. The number of rotatable bonds is 13. The first-order valence-electron chi connectivity index (χ1n) is 11.8. The largest absolute Gasteiger partial charge is 0.490 e. The Kier molecular flexibility index (Phi) is 10.2. The number of carbonyl (C=O) groups is 1. The van der Waals surface area contributed by atoms with Gasteiger partial charge in [0.25, 0.3) is 5.91 Å². The number of hydrogen-bond acceptors (Lipinski definition) is 6. The molecule has 0 radical (unpaired) electrons. The zero-order chi connectivity index (χ0) is 26.7. The van der Waals surface area contributed by atoms with Gasteiger partial charge in [0.05, 0.1) is 30.9 Å². The first-order chi connectivity index (χ1) is 17.8. The number of ether oxygens (including phenoxy) is 2. The van der Waals surface area contributed by atoms with Crippen molar-refractivity contribution in [3.63, 3.8) is 0 Å². The topological polar surface area (TPSA) is 97.3 Å². The summed E-state index contributed by atoms with van der Waals surface area (Å²) in [5.74, 6) is 0.106. The second kappa shape index (κ2) is 13.5. The Balaban J connectivity index is 1.73. The quantitative estimate of drug-likeness (QED) is 0.263. The highest BCUT2D eigenvalue weighted by Crippen LogP contribution is 2.28. The number of sulfonamides is 1. The Hall–Kier alpha value is -3.76. The molecule has 3 aromatic rings. The molecule has 0 bridgehead atoms. The summed E-state index contributed by atoms with van der Waals surface area (Å²) in [6.45, 7) is 4.29. The average Bonchev–Trinajstić information content (AvgIpc) is 2.90. The Morgan fingerprint density at radius 2 is 1.73 bits per heavy atom. The van der Waals surface area contributed by atoms with E-state index in [0.29, 0.717) is 35.8 Å². The summed E-state index contributed by atoms with van der Waals surface area (Å²) in [6, 6.07) is 18.5. The number of benzene rings is 3. The van der Waals surface area contributed by atoms with Gasteiger partial charge in [-0.05, 0) is 66.9 Å². The molecule has 0 aliphatic rings. The van der Waals surface area contributed by atoms with Gasteiger partial charge in [-0.3, -0.25) is 4.79 Å². The molecule has 196 valence electrons. The van der Waals surface area contributed by atoms with Crippen LogP contribution in [0.15, 0.2) is 82.8 Å². The van der Waals surface area contributed by atoms with E-state index in [1.807, 2.05) is 13.8 Å².